The number of carbonyl (C=O) groups excluding carboxylic acids is 1. The minimum absolute atomic E-state index is 0. The molecule has 0 heterocycles. The first-order valence-corrected chi connectivity index (χ1v) is 10.1. The fourth-order valence-electron chi connectivity index (χ4n) is 2.69. The smallest absolute Gasteiger partial charge is 0.226 e. The molecule has 0 spiro atoms. The molecule has 0 bridgehead atoms. The summed E-state index contributed by atoms with van der Waals surface area (Å²) in [6, 6.07) is 12.9. The summed E-state index contributed by atoms with van der Waals surface area (Å²) in [5.74, 6) is 1.87. The number of amides is 1. The summed E-state index contributed by atoms with van der Waals surface area (Å²) < 4.78 is 11.2. The number of ether oxygens (including phenoxy) is 2. The van der Waals surface area contributed by atoms with Gasteiger partial charge in [-0.25, -0.2) is 0 Å². The Balaban J connectivity index is 0.00000480. The molecule has 0 fully saturated rings. The van der Waals surface area contributed by atoms with E-state index in [1.807, 2.05) is 50.2 Å². The van der Waals surface area contributed by atoms with E-state index in [9.17, 15) is 4.79 Å². The van der Waals surface area contributed by atoms with Crippen molar-refractivity contribution >= 4 is 53.1 Å². The number of halogens is 2. The van der Waals surface area contributed by atoms with Gasteiger partial charge in [-0.2, -0.15) is 0 Å². The van der Waals surface area contributed by atoms with Crippen LogP contribution in [0.5, 0.6) is 11.5 Å². The monoisotopic (exact) mass is 560 g/mol. The van der Waals surface area contributed by atoms with Crippen molar-refractivity contribution in [1.29, 1.82) is 0 Å². The number of benzene rings is 2. The highest BCUT2D eigenvalue weighted by molar-refractivity contribution is 14.0. The van der Waals surface area contributed by atoms with Crippen molar-refractivity contribution in [3.05, 3.63) is 53.1 Å². The summed E-state index contributed by atoms with van der Waals surface area (Å²) in [6.45, 7) is 4.79. The molecule has 7 nitrogen and oxygen atoms in total. The van der Waals surface area contributed by atoms with Gasteiger partial charge in [0.05, 0.1) is 13.7 Å². The first kappa shape index (κ1) is 26.8. The number of nitrogens with one attached hydrogen (secondary N) is 3. The van der Waals surface area contributed by atoms with Gasteiger partial charge >= 0.3 is 0 Å². The van der Waals surface area contributed by atoms with Gasteiger partial charge in [-0.3, -0.25) is 9.79 Å². The van der Waals surface area contributed by atoms with Crippen LogP contribution >= 0.6 is 35.6 Å². The number of nitrogens with zero attached hydrogens (tertiary/aromatic N) is 1. The summed E-state index contributed by atoms with van der Waals surface area (Å²) in [6.07, 6.45) is 0.175. The van der Waals surface area contributed by atoms with Crippen molar-refractivity contribution in [2.45, 2.75) is 26.4 Å². The van der Waals surface area contributed by atoms with E-state index in [0.29, 0.717) is 42.0 Å². The van der Waals surface area contributed by atoms with Gasteiger partial charge in [-0.05, 0) is 43.7 Å². The van der Waals surface area contributed by atoms with E-state index in [1.54, 1.807) is 20.2 Å². The van der Waals surface area contributed by atoms with Crippen LogP contribution in [0, 0.1) is 6.92 Å². The zero-order chi connectivity index (χ0) is 21.9. The molecule has 0 aliphatic carbocycles. The molecule has 0 radical (unpaired) electrons. The van der Waals surface area contributed by atoms with E-state index in [0.717, 1.165) is 11.3 Å². The van der Waals surface area contributed by atoms with Crippen molar-refractivity contribution in [3.8, 4) is 11.5 Å². The van der Waals surface area contributed by atoms with Crippen LogP contribution in [0.15, 0.2) is 47.5 Å². The molecule has 1 amide bonds. The fourth-order valence-corrected chi connectivity index (χ4v) is 2.86. The normalized spacial score (nSPS) is 11.7. The maximum Gasteiger partial charge on any atom is 0.226 e. The number of anilines is 1. The standard InChI is InChI=1S/C22H29ClN4O3.HI/c1-15(30-20-11-6-5-10-19(20)29-4)14-26-22(24-3)25-13-12-21(28)27-18-9-7-8-17(23)16(18)2;/h5-11,15H,12-14H2,1-4H3,(H,27,28)(H2,24,25,26);1H. The van der Waals surface area contributed by atoms with Crippen molar-refractivity contribution in [3.63, 3.8) is 0 Å². The summed E-state index contributed by atoms with van der Waals surface area (Å²) in [5.41, 5.74) is 1.57. The molecule has 2 rings (SSSR count). The third-order valence-corrected chi connectivity index (χ3v) is 4.77. The van der Waals surface area contributed by atoms with Crippen molar-refractivity contribution in [2.24, 2.45) is 4.99 Å². The number of carbonyl (C=O) groups is 1. The second kappa shape index (κ2) is 14.0. The molecule has 1 unspecified atom stereocenters. The molecular formula is C22H30ClIN4O3. The largest absolute Gasteiger partial charge is 0.493 e. The molecule has 0 aliphatic heterocycles. The van der Waals surface area contributed by atoms with E-state index < -0.39 is 0 Å². The van der Waals surface area contributed by atoms with Gasteiger partial charge in [-0.15, -0.1) is 24.0 Å². The van der Waals surface area contributed by atoms with Crippen LogP contribution in [-0.2, 0) is 4.79 Å². The summed E-state index contributed by atoms with van der Waals surface area (Å²) >= 11 is 6.09. The second-order valence-corrected chi connectivity index (χ2v) is 7.08. The lowest BCUT2D eigenvalue weighted by Gasteiger charge is -2.19. The summed E-state index contributed by atoms with van der Waals surface area (Å²) in [7, 11) is 3.29. The fraction of sp³-hybridized carbons (Fsp3) is 0.364. The van der Waals surface area contributed by atoms with Crippen LogP contribution in [0.1, 0.15) is 18.9 Å². The lowest BCUT2D eigenvalue weighted by molar-refractivity contribution is -0.116. The van der Waals surface area contributed by atoms with Crippen LogP contribution in [0.3, 0.4) is 0 Å². The quantitative estimate of drug-likeness (QED) is 0.243. The Bertz CT molecular complexity index is 880. The topological polar surface area (TPSA) is 84.0 Å². The zero-order valence-corrected chi connectivity index (χ0v) is 21.3. The predicted octanol–water partition coefficient (Wildman–Crippen LogP) is 4.24. The van der Waals surface area contributed by atoms with Crippen LogP contribution < -0.4 is 25.4 Å². The van der Waals surface area contributed by atoms with Crippen molar-refractivity contribution in [2.75, 3.05) is 32.6 Å². The molecule has 0 saturated carbocycles. The van der Waals surface area contributed by atoms with Gasteiger partial charge < -0.3 is 25.4 Å². The molecule has 2 aromatic rings. The Morgan fingerprint density at radius 1 is 1.13 bits per heavy atom. The summed E-state index contributed by atoms with van der Waals surface area (Å²) in [5, 5.41) is 9.82. The van der Waals surface area contributed by atoms with Gasteiger partial charge in [0.25, 0.3) is 0 Å². The third kappa shape index (κ3) is 8.82. The van der Waals surface area contributed by atoms with Gasteiger partial charge in [-0.1, -0.05) is 29.8 Å². The number of aliphatic imine (C=N–C) groups is 1. The molecule has 1 atom stereocenters. The average molecular weight is 561 g/mol. The molecule has 170 valence electrons. The molecule has 3 N–H and O–H groups in total. The van der Waals surface area contributed by atoms with Gasteiger partial charge in [0, 0.05) is 30.7 Å². The minimum Gasteiger partial charge on any atom is -0.493 e. The number of guanidine groups is 1. The third-order valence-electron chi connectivity index (χ3n) is 4.36. The van der Waals surface area contributed by atoms with E-state index >= 15 is 0 Å². The van der Waals surface area contributed by atoms with E-state index in [-0.39, 0.29) is 36.0 Å². The van der Waals surface area contributed by atoms with Crippen LogP contribution in [0.4, 0.5) is 5.69 Å². The van der Waals surface area contributed by atoms with Crippen molar-refractivity contribution in [1.82, 2.24) is 10.6 Å². The molecular weight excluding hydrogens is 531 g/mol. The average Bonchev–Trinajstić information content (AvgIpc) is 2.74. The van der Waals surface area contributed by atoms with Gasteiger partial charge in [0.1, 0.15) is 6.10 Å². The number of hydrogen-bond acceptors (Lipinski definition) is 4. The Morgan fingerprint density at radius 2 is 1.84 bits per heavy atom. The molecule has 9 heteroatoms. The number of methoxy groups -OCH3 is 1. The minimum atomic E-state index is -0.117. The zero-order valence-electron chi connectivity index (χ0n) is 18.2. The Hall–Kier alpha value is -2.20. The highest BCUT2D eigenvalue weighted by Gasteiger charge is 2.10. The molecule has 0 saturated heterocycles. The SMILES string of the molecule is CN=C(NCCC(=O)Nc1cccc(Cl)c1C)NCC(C)Oc1ccccc1OC.I. The maximum atomic E-state index is 12.2. The highest BCUT2D eigenvalue weighted by Crippen LogP contribution is 2.26. The Labute approximate surface area is 206 Å². The maximum absolute atomic E-state index is 12.2. The number of para-hydroxylation sites is 2. The Kier molecular flexibility index (Phi) is 12.1. The van der Waals surface area contributed by atoms with Crippen LogP contribution in [0.25, 0.3) is 0 Å². The second-order valence-electron chi connectivity index (χ2n) is 6.67. The summed E-state index contributed by atoms with van der Waals surface area (Å²) in [4.78, 5) is 16.4. The number of rotatable bonds is 9. The molecule has 0 aliphatic rings. The molecule has 31 heavy (non-hydrogen) atoms. The van der Waals surface area contributed by atoms with E-state index in [4.69, 9.17) is 21.1 Å². The number of hydrogen-bond donors (Lipinski definition) is 3. The first-order chi connectivity index (χ1) is 14.4. The molecule has 0 aromatic heterocycles. The van der Waals surface area contributed by atoms with Gasteiger partial charge in [0.15, 0.2) is 17.5 Å². The van der Waals surface area contributed by atoms with Gasteiger partial charge in [0.2, 0.25) is 5.91 Å². The molecule has 2 aromatic carbocycles. The Morgan fingerprint density at radius 3 is 2.52 bits per heavy atom. The van der Waals surface area contributed by atoms with Crippen LogP contribution in [0.2, 0.25) is 5.02 Å². The van der Waals surface area contributed by atoms with Crippen LogP contribution in [-0.4, -0.2) is 45.2 Å². The lowest BCUT2D eigenvalue weighted by atomic mass is 10.2. The highest BCUT2D eigenvalue weighted by atomic mass is 127. The van der Waals surface area contributed by atoms with E-state index in [2.05, 4.69) is 20.9 Å². The predicted molar refractivity (Wildman–Crippen MR) is 137 cm³/mol. The first-order valence-electron chi connectivity index (χ1n) is 9.73. The van der Waals surface area contributed by atoms with E-state index in [1.165, 1.54) is 0 Å². The lowest BCUT2D eigenvalue weighted by Crippen LogP contribution is -2.42. The van der Waals surface area contributed by atoms with Crippen molar-refractivity contribution < 1.29 is 14.3 Å².